The van der Waals surface area contributed by atoms with Crippen LogP contribution in [0.4, 0.5) is 0 Å². The molecule has 0 aliphatic carbocycles. The van der Waals surface area contributed by atoms with Crippen LogP contribution in [-0.4, -0.2) is 35.0 Å². The second-order valence-corrected chi connectivity index (χ2v) is 10.8. The summed E-state index contributed by atoms with van der Waals surface area (Å²) >= 11 is 6.80. The SMILES string of the molecule is CCCCCCCCC(C)C(C)(Cl)CCC[Si](OC)(OC)OC. The summed E-state index contributed by atoms with van der Waals surface area (Å²) in [6.45, 7) is 6.72. The number of halogens is 1. The molecule has 0 aromatic carbocycles. The van der Waals surface area contributed by atoms with Crippen LogP contribution in [-0.2, 0) is 13.3 Å². The van der Waals surface area contributed by atoms with Gasteiger partial charge < -0.3 is 13.3 Å². The highest BCUT2D eigenvalue weighted by molar-refractivity contribution is 6.60. The predicted octanol–water partition coefficient (Wildman–Crippen LogP) is 6.03. The molecule has 0 aromatic rings. The van der Waals surface area contributed by atoms with E-state index >= 15 is 0 Å². The molecule has 0 amide bonds. The fourth-order valence-corrected chi connectivity index (χ4v) is 4.95. The Balaban J connectivity index is 4.05. The number of alkyl halides is 1. The molecule has 0 radical (unpaired) electrons. The van der Waals surface area contributed by atoms with Crippen molar-refractivity contribution in [2.45, 2.75) is 89.5 Å². The van der Waals surface area contributed by atoms with Crippen LogP contribution in [0.3, 0.4) is 0 Å². The van der Waals surface area contributed by atoms with Crippen LogP contribution in [0.2, 0.25) is 6.04 Å². The molecule has 3 nitrogen and oxygen atoms in total. The van der Waals surface area contributed by atoms with Crippen molar-refractivity contribution in [1.29, 1.82) is 0 Å². The third kappa shape index (κ3) is 9.44. The molecule has 0 fully saturated rings. The molecule has 5 heteroatoms. The normalized spacial score (nSPS) is 16.3. The zero-order valence-electron chi connectivity index (χ0n) is 16.3. The molecule has 0 rings (SSSR count). The quantitative estimate of drug-likeness (QED) is 0.201. The van der Waals surface area contributed by atoms with Gasteiger partial charge in [0.25, 0.3) is 0 Å². The summed E-state index contributed by atoms with van der Waals surface area (Å²) in [5, 5.41) is 0. The molecule has 0 bridgehead atoms. The van der Waals surface area contributed by atoms with Crippen molar-refractivity contribution in [2.24, 2.45) is 5.92 Å². The van der Waals surface area contributed by atoms with E-state index in [4.69, 9.17) is 24.9 Å². The lowest BCUT2D eigenvalue weighted by Crippen LogP contribution is -2.43. The van der Waals surface area contributed by atoms with Crippen molar-refractivity contribution in [3.63, 3.8) is 0 Å². The Labute approximate surface area is 150 Å². The van der Waals surface area contributed by atoms with Crippen LogP contribution in [0.25, 0.3) is 0 Å². The van der Waals surface area contributed by atoms with E-state index in [-0.39, 0.29) is 4.87 Å². The van der Waals surface area contributed by atoms with Gasteiger partial charge in [-0.3, -0.25) is 0 Å². The maximum atomic E-state index is 6.80. The summed E-state index contributed by atoms with van der Waals surface area (Å²) in [7, 11) is 2.55. The van der Waals surface area contributed by atoms with E-state index in [0.29, 0.717) is 5.92 Å². The minimum absolute atomic E-state index is 0.154. The van der Waals surface area contributed by atoms with E-state index < -0.39 is 8.80 Å². The van der Waals surface area contributed by atoms with E-state index in [1.165, 1.54) is 44.9 Å². The maximum absolute atomic E-state index is 6.80. The molecular weight excluding hydrogens is 328 g/mol. The molecule has 0 saturated heterocycles. The molecular formula is C18H39ClO3Si. The Bertz CT molecular complexity index is 275. The monoisotopic (exact) mass is 366 g/mol. The third-order valence-electron chi connectivity index (χ3n) is 5.10. The summed E-state index contributed by atoms with van der Waals surface area (Å²) in [6, 6.07) is 0.822. The van der Waals surface area contributed by atoms with Crippen LogP contribution in [0.5, 0.6) is 0 Å². The average molecular weight is 367 g/mol. The lowest BCUT2D eigenvalue weighted by Gasteiger charge is -2.31. The number of unbranched alkanes of at least 4 members (excludes halogenated alkanes) is 5. The summed E-state index contributed by atoms with van der Waals surface area (Å²) in [4.78, 5) is -0.154. The zero-order chi connectivity index (χ0) is 17.8. The lowest BCUT2D eigenvalue weighted by molar-refractivity contribution is 0.122. The van der Waals surface area contributed by atoms with Gasteiger partial charge in [0.05, 0.1) is 0 Å². The highest BCUT2D eigenvalue weighted by Crippen LogP contribution is 2.35. The summed E-state index contributed by atoms with van der Waals surface area (Å²) < 4.78 is 16.4. The molecule has 0 saturated carbocycles. The predicted molar refractivity (Wildman–Crippen MR) is 102 cm³/mol. The van der Waals surface area contributed by atoms with Gasteiger partial charge >= 0.3 is 8.80 Å². The summed E-state index contributed by atoms with van der Waals surface area (Å²) in [5.74, 6) is 0.527. The Hall–Kier alpha value is 0.387. The van der Waals surface area contributed by atoms with Gasteiger partial charge in [-0.2, -0.15) is 0 Å². The maximum Gasteiger partial charge on any atom is 0.500 e. The minimum Gasteiger partial charge on any atom is -0.377 e. The molecule has 0 aliphatic heterocycles. The topological polar surface area (TPSA) is 27.7 Å². The van der Waals surface area contributed by atoms with E-state index in [1.54, 1.807) is 21.3 Å². The number of hydrogen-bond donors (Lipinski definition) is 0. The second-order valence-electron chi connectivity index (χ2n) is 6.88. The molecule has 0 heterocycles. The first-order chi connectivity index (χ1) is 10.9. The van der Waals surface area contributed by atoms with Crippen LogP contribution >= 0.6 is 11.6 Å². The summed E-state index contributed by atoms with van der Waals surface area (Å²) in [6.07, 6.45) is 11.2. The van der Waals surface area contributed by atoms with Gasteiger partial charge in [-0.15, -0.1) is 11.6 Å². The molecule has 140 valence electrons. The molecule has 23 heavy (non-hydrogen) atoms. The zero-order valence-corrected chi connectivity index (χ0v) is 18.0. The molecule has 0 N–H and O–H groups in total. The Morgan fingerprint density at radius 1 is 0.913 bits per heavy atom. The van der Waals surface area contributed by atoms with Crippen LogP contribution < -0.4 is 0 Å². The molecule has 2 atom stereocenters. The van der Waals surface area contributed by atoms with Gasteiger partial charge in [-0.25, -0.2) is 0 Å². The molecule has 2 unspecified atom stereocenters. The van der Waals surface area contributed by atoms with Crippen molar-refractivity contribution in [2.75, 3.05) is 21.3 Å². The molecule has 0 aliphatic rings. The van der Waals surface area contributed by atoms with E-state index in [1.807, 2.05) is 0 Å². The van der Waals surface area contributed by atoms with Crippen molar-refractivity contribution in [3.8, 4) is 0 Å². The largest absolute Gasteiger partial charge is 0.500 e. The fraction of sp³-hybridized carbons (Fsp3) is 1.00. The highest BCUT2D eigenvalue weighted by atomic mass is 35.5. The third-order valence-corrected chi connectivity index (χ3v) is 8.49. The van der Waals surface area contributed by atoms with E-state index in [2.05, 4.69) is 20.8 Å². The Morgan fingerprint density at radius 2 is 1.43 bits per heavy atom. The van der Waals surface area contributed by atoms with Crippen LogP contribution in [0, 0.1) is 5.92 Å². The average Bonchev–Trinajstić information content (AvgIpc) is 2.55. The van der Waals surface area contributed by atoms with Crippen molar-refractivity contribution >= 4 is 20.4 Å². The first kappa shape index (κ1) is 23.4. The Morgan fingerprint density at radius 3 is 1.96 bits per heavy atom. The highest BCUT2D eigenvalue weighted by Gasteiger charge is 2.38. The van der Waals surface area contributed by atoms with Gasteiger partial charge in [0.1, 0.15) is 0 Å². The van der Waals surface area contributed by atoms with Crippen LogP contribution in [0.1, 0.15) is 78.6 Å². The minimum atomic E-state index is -2.45. The first-order valence-electron chi connectivity index (χ1n) is 9.21. The number of hydrogen-bond acceptors (Lipinski definition) is 3. The summed E-state index contributed by atoms with van der Waals surface area (Å²) in [5.41, 5.74) is 0. The molecule has 0 aromatic heterocycles. The van der Waals surface area contributed by atoms with E-state index in [9.17, 15) is 0 Å². The van der Waals surface area contributed by atoms with Gasteiger partial charge in [-0.05, 0) is 32.1 Å². The number of rotatable bonds is 15. The van der Waals surface area contributed by atoms with Crippen molar-refractivity contribution in [3.05, 3.63) is 0 Å². The van der Waals surface area contributed by atoms with Crippen molar-refractivity contribution in [1.82, 2.24) is 0 Å². The first-order valence-corrected chi connectivity index (χ1v) is 11.5. The van der Waals surface area contributed by atoms with Gasteiger partial charge in [0, 0.05) is 32.2 Å². The molecule has 0 spiro atoms. The van der Waals surface area contributed by atoms with Gasteiger partial charge in [0.2, 0.25) is 0 Å². The lowest BCUT2D eigenvalue weighted by atomic mass is 9.86. The Kier molecular flexibility index (Phi) is 12.9. The van der Waals surface area contributed by atoms with Gasteiger partial charge in [0.15, 0.2) is 0 Å². The van der Waals surface area contributed by atoms with Crippen molar-refractivity contribution < 1.29 is 13.3 Å². The second kappa shape index (κ2) is 12.7. The van der Waals surface area contributed by atoms with Gasteiger partial charge in [-0.1, -0.05) is 52.4 Å². The fourth-order valence-electron chi connectivity index (χ4n) is 2.98. The smallest absolute Gasteiger partial charge is 0.377 e. The standard InChI is InChI=1S/C18H39ClO3Si/c1-7-8-9-10-11-12-14-17(2)18(3,19)15-13-16-23(20-4,21-5)22-6/h17H,7-16H2,1-6H3. The van der Waals surface area contributed by atoms with Crippen LogP contribution in [0.15, 0.2) is 0 Å². The van der Waals surface area contributed by atoms with E-state index in [0.717, 1.165) is 18.9 Å².